The van der Waals surface area contributed by atoms with Crippen LogP contribution < -0.4 is 5.32 Å². The lowest BCUT2D eigenvalue weighted by molar-refractivity contribution is -0.116. The highest BCUT2D eigenvalue weighted by Gasteiger charge is 2.03. The third-order valence-corrected chi connectivity index (χ3v) is 2.87. The van der Waals surface area contributed by atoms with Crippen molar-refractivity contribution in [2.45, 2.75) is 19.8 Å². The molecule has 0 saturated carbocycles. The predicted octanol–water partition coefficient (Wildman–Crippen LogP) is 3.71. The van der Waals surface area contributed by atoms with Crippen molar-refractivity contribution in [2.24, 2.45) is 0 Å². The van der Waals surface area contributed by atoms with E-state index in [-0.39, 0.29) is 11.7 Å². The molecule has 2 aromatic carbocycles. The van der Waals surface area contributed by atoms with E-state index >= 15 is 0 Å². The summed E-state index contributed by atoms with van der Waals surface area (Å²) in [7, 11) is 0. The molecule has 0 heterocycles. The standard InChI is InChI=1S/C16H16FNO/c1-12-5-7-13(8-6-12)9-10-16(19)18-15-4-2-3-14(17)11-15/h2-8,11H,9-10H2,1H3,(H,18,19). The minimum absolute atomic E-state index is 0.105. The average molecular weight is 257 g/mol. The number of nitrogens with one attached hydrogen (secondary N) is 1. The summed E-state index contributed by atoms with van der Waals surface area (Å²) in [5.41, 5.74) is 2.82. The molecule has 0 saturated heterocycles. The van der Waals surface area contributed by atoms with Crippen LogP contribution in [0.3, 0.4) is 0 Å². The van der Waals surface area contributed by atoms with Crippen LogP contribution >= 0.6 is 0 Å². The molecular formula is C16H16FNO. The monoisotopic (exact) mass is 257 g/mol. The van der Waals surface area contributed by atoms with Gasteiger partial charge in [-0.1, -0.05) is 35.9 Å². The van der Waals surface area contributed by atoms with Crippen LogP contribution in [0.4, 0.5) is 10.1 Å². The number of carbonyl (C=O) groups excluding carboxylic acids is 1. The summed E-state index contributed by atoms with van der Waals surface area (Å²) in [6.07, 6.45) is 1.07. The second kappa shape index (κ2) is 6.14. The first kappa shape index (κ1) is 13.3. The zero-order valence-corrected chi connectivity index (χ0v) is 10.8. The van der Waals surface area contributed by atoms with E-state index in [1.165, 1.54) is 17.7 Å². The van der Waals surface area contributed by atoms with E-state index in [1.807, 2.05) is 31.2 Å². The van der Waals surface area contributed by atoms with E-state index in [9.17, 15) is 9.18 Å². The van der Waals surface area contributed by atoms with Gasteiger partial charge in [-0.2, -0.15) is 0 Å². The van der Waals surface area contributed by atoms with Gasteiger partial charge in [0.2, 0.25) is 5.91 Å². The van der Waals surface area contributed by atoms with Gasteiger partial charge in [-0.05, 0) is 37.1 Å². The predicted molar refractivity (Wildman–Crippen MR) is 74.5 cm³/mol. The lowest BCUT2D eigenvalue weighted by Gasteiger charge is -2.05. The van der Waals surface area contributed by atoms with E-state index in [0.29, 0.717) is 18.5 Å². The first-order chi connectivity index (χ1) is 9.13. The van der Waals surface area contributed by atoms with Crippen LogP contribution in [0.15, 0.2) is 48.5 Å². The Bertz CT molecular complexity index is 563. The van der Waals surface area contributed by atoms with Crippen molar-refractivity contribution in [3.05, 3.63) is 65.5 Å². The Kier molecular flexibility index (Phi) is 4.29. The molecule has 2 nitrogen and oxygen atoms in total. The molecule has 1 N–H and O–H groups in total. The SMILES string of the molecule is Cc1ccc(CCC(=O)Nc2cccc(F)c2)cc1. The quantitative estimate of drug-likeness (QED) is 0.889. The molecule has 0 fully saturated rings. The van der Waals surface area contributed by atoms with Crippen molar-refractivity contribution in [3.8, 4) is 0 Å². The van der Waals surface area contributed by atoms with Gasteiger partial charge in [-0.15, -0.1) is 0 Å². The van der Waals surface area contributed by atoms with Gasteiger partial charge in [-0.25, -0.2) is 4.39 Å². The topological polar surface area (TPSA) is 29.1 Å². The molecule has 3 heteroatoms. The maximum atomic E-state index is 13.0. The average Bonchev–Trinajstić information content (AvgIpc) is 2.38. The van der Waals surface area contributed by atoms with Gasteiger partial charge in [-0.3, -0.25) is 4.79 Å². The Balaban J connectivity index is 1.86. The van der Waals surface area contributed by atoms with Gasteiger partial charge in [0.15, 0.2) is 0 Å². The van der Waals surface area contributed by atoms with Crippen molar-refractivity contribution in [1.29, 1.82) is 0 Å². The number of hydrogen-bond acceptors (Lipinski definition) is 1. The highest BCUT2D eigenvalue weighted by Crippen LogP contribution is 2.11. The number of halogens is 1. The van der Waals surface area contributed by atoms with Crippen molar-refractivity contribution >= 4 is 11.6 Å². The summed E-state index contributed by atoms with van der Waals surface area (Å²) < 4.78 is 13.0. The molecule has 98 valence electrons. The summed E-state index contributed by atoms with van der Waals surface area (Å²) >= 11 is 0. The van der Waals surface area contributed by atoms with Crippen molar-refractivity contribution in [3.63, 3.8) is 0 Å². The van der Waals surface area contributed by atoms with Gasteiger partial charge < -0.3 is 5.32 Å². The van der Waals surface area contributed by atoms with Gasteiger partial charge >= 0.3 is 0 Å². The van der Waals surface area contributed by atoms with Crippen LogP contribution in [0.2, 0.25) is 0 Å². The minimum atomic E-state index is -0.351. The summed E-state index contributed by atoms with van der Waals surface area (Å²) in [5.74, 6) is -0.456. The second-order valence-corrected chi connectivity index (χ2v) is 4.54. The fraction of sp³-hybridized carbons (Fsp3) is 0.188. The van der Waals surface area contributed by atoms with E-state index < -0.39 is 0 Å². The Morgan fingerprint density at radius 3 is 2.58 bits per heavy atom. The molecule has 0 aliphatic heterocycles. The molecule has 0 aliphatic rings. The molecular weight excluding hydrogens is 241 g/mol. The molecule has 2 rings (SSSR count). The van der Waals surface area contributed by atoms with Crippen LogP contribution in [0, 0.1) is 12.7 Å². The normalized spacial score (nSPS) is 10.2. The zero-order chi connectivity index (χ0) is 13.7. The molecule has 0 aromatic heterocycles. The first-order valence-electron chi connectivity index (χ1n) is 6.24. The maximum Gasteiger partial charge on any atom is 0.224 e. The molecule has 2 aromatic rings. The van der Waals surface area contributed by atoms with Crippen LogP contribution in [0.5, 0.6) is 0 Å². The Morgan fingerprint density at radius 2 is 1.89 bits per heavy atom. The van der Waals surface area contributed by atoms with Crippen LogP contribution in [0.25, 0.3) is 0 Å². The fourth-order valence-corrected chi connectivity index (χ4v) is 1.80. The van der Waals surface area contributed by atoms with E-state index in [0.717, 1.165) is 5.56 Å². The summed E-state index contributed by atoms with van der Waals surface area (Å²) in [5, 5.41) is 2.69. The number of benzene rings is 2. The Morgan fingerprint density at radius 1 is 1.16 bits per heavy atom. The Hall–Kier alpha value is -2.16. The molecule has 19 heavy (non-hydrogen) atoms. The smallest absolute Gasteiger partial charge is 0.224 e. The third kappa shape index (κ3) is 4.21. The number of rotatable bonds is 4. The van der Waals surface area contributed by atoms with Gasteiger partial charge in [0.1, 0.15) is 5.82 Å². The molecule has 0 aliphatic carbocycles. The van der Waals surface area contributed by atoms with Crippen molar-refractivity contribution in [2.75, 3.05) is 5.32 Å². The molecule has 0 spiro atoms. The zero-order valence-electron chi connectivity index (χ0n) is 10.8. The van der Waals surface area contributed by atoms with Crippen LogP contribution in [-0.4, -0.2) is 5.91 Å². The summed E-state index contributed by atoms with van der Waals surface area (Å²) in [6.45, 7) is 2.03. The molecule has 1 amide bonds. The maximum absolute atomic E-state index is 13.0. The van der Waals surface area contributed by atoms with Crippen LogP contribution in [0.1, 0.15) is 17.5 Å². The number of carbonyl (C=O) groups is 1. The number of anilines is 1. The third-order valence-electron chi connectivity index (χ3n) is 2.87. The van der Waals surface area contributed by atoms with E-state index in [2.05, 4.69) is 5.32 Å². The number of aryl methyl sites for hydroxylation is 2. The summed E-state index contributed by atoms with van der Waals surface area (Å²) in [4.78, 5) is 11.7. The molecule has 0 unspecified atom stereocenters. The molecule has 0 bridgehead atoms. The number of hydrogen-bond donors (Lipinski definition) is 1. The molecule has 0 radical (unpaired) electrons. The van der Waals surface area contributed by atoms with E-state index in [1.54, 1.807) is 12.1 Å². The van der Waals surface area contributed by atoms with Crippen molar-refractivity contribution in [1.82, 2.24) is 0 Å². The first-order valence-corrected chi connectivity index (χ1v) is 6.24. The van der Waals surface area contributed by atoms with Crippen molar-refractivity contribution < 1.29 is 9.18 Å². The van der Waals surface area contributed by atoms with Gasteiger partial charge in [0.25, 0.3) is 0 Å². The fourth-order valence-electron chi connectivity index (χ4n) is 1.80. The lowest BCUT2D eigenvalue weighted by atomic mass is 10.1. The van der Waals surface area contributed by atoms with Crippen LogP contribution in [-0.2, 0) is 11.2 Å². The Labute approximate surface area is 112 Å². The van der Waals surface area contributed by atoms with Gasteiger partial charge in [0, 0.05) is 12.1 Å². The molecule has 0 atom stereocenters. The second-order valence-electron chi connectivity index (χ2n) is 4.54. The summed E-state index contributed by atoms with van der Waals surface area (Å²) in [6, 6.07) is 14.0. The van der Waals surface area contributed by atoms with Gasteiger partial charge in [0.05, 0.1) is 0 Å². The minimum Gasteiger partial charge on any atom is -0.326 e. The lowest BCUT2D eigenvalue weighted by Crippen LogP contribution is -2.12. The van der Waals surface area contributed by atoms with E-state index in [4.69, 9.17) is 0 Å². The largest absolute Gasteiger partial charge is 0.326 e. The highest BCUT2D eigenvalue weighted by molar-refractivity contribution is 5.90. The highest BCUT2D eigenvalue weighted by atomic mass is 19.1. The number of amides is 1.